The topological polar surface area (TPSA) is 3.24 Å². The van der Waals surface area contributed by atoms with E-state index in [-0.39, 0.29) is 0 Å². The fourth-order valence-corrected chi connectivity index (χ4v) is 3.46. The molecule has 1 aliphatic carbocycles. The van der Waals surface area contributed by atoms with Crippen molar-refractivity contribution in [3.8, 4) is 0 Å². The average molecular weight is 232 g/mol. The van der Waals surface area contributed by atoms with Crippen molar-refractivity contribution in [1.82, 2.24) is 4.90 Å². The van der Waals surface area contributed by atoms with Crippen LogP contribution in [0.1, 0.15) is 32.6 Å². The molecule has 1 atom stereocenters. The number of hydrogen-bond donors (Lipinski definition) is 0. The number of rotatable bonds is 2. The van der Waals surface area contributed by atoms with Crippen molar-refractivity contribution in [3.05, 3.63) is 0 Å². The Morgan fingerprint density at radius 2 is 2.00 bits per heavy atom. The maximum absolute atomic E-state index is 3.74. The minimum atomic E-state index is 0.740. The van der Waals surface area contributed by atoms with E-state index in [4.69, 9.17) is 0 Å². The zero-order valence-corrected chi connectivity index (χ0v) is 9.44. The number of hydrogen-bond acceptors (Lipinski definition) is 1. The van der Waals surface area contributed by atoms with Crippen LogP contribution < -0.4 is 0 Å². The summed E-state index contributed by atoms with van der Waals surface area (Å²) >= 11 is 3.74. The van der Waals surface area contributed by atoms with E-state index < -0.39 is 0 Å². The molecule has 0 aromatic heterocycles. The Hall–Kier alpha value is 0.440. The third-order valence-corrected chi connectivity index (χ3v) is 4.78. The highest BCUT2D eigenvalue weighted by atomic mass is 79.9. The molecule has 2 heteroatoms. The minimum absolute atomic E-state index is 0.740. The van der Waals surface area contributed by atoms with Gasteiger partial charge in [-0.2, -0.15) is 0 Å². The van der Waals surface area contributed by atoms with Gasteiger partial charge in [0.25, 0.3) is 0 Å². The summed E-state index contributed by atoms with van der Waals surface area (Å²) in [5.41, 5.74) is 0.740. The Bertz CT molecular complexity index is 161. The molecular weight excluding hydrogens is 214 g/mol. The van der Waals surface area contributed by atoms with Gasteiger partial charge in [0.2, 0.25) is 0 Å². The summed E-state index contributed by atoms with van der Waals surface area (Å²) in [4.78, 5) is 3.47. The Labute approximate surface area is 83.6 Å². The van der Waals surface area contributed by atoms with Gasteiger partial charge in [0.1, 0.15) is 0 Å². The molecule has 12 heavy (non-hydrogen) atoms. The quantitative estimate of drug-likeness (QED) is 0.661. The van der Waals surface area contributed by atoms with Crippen LogP contribution in [-0.4, -0.2) is 29.4 Å². The average Bonchev–Trinajstić information content (AvgIpc) is 2.68. The summed E-state index contributed by atoms with van der Waals surface area (Å²) in [6.07, 6.45) is 5.61. The van der Waals surface area contributed by atoms with Crippen molar-refractivity contribution < 1.29 is 0 Å². The SMILES string of the molecule is CCCN1CCC2(CC1)CC2Br. The lowest BCUT2D eigenvalue weighted by atomic mass is 9.94. The molecule has 0 bridgehead atoms. The number of likely N-dealkylation sites (tertiary alicyclic amines) is 1. The molecule has 2 aliphatic rings. The van der Waals surface area contributed by atoms with Crippen LogP contribution in [0.15, 0.2) is 0 Å². The Morgan fingerprint density at radius 3 is 2.42 bits per heavy atom. The first-order valence-corrected chi connectivity index (χ1v) is 6.05. The molecule has 0 aromatic rings. The molecule has 70 valence electrons. The van der Waals surface area contributed by atoms with Crippen LogP contribution in [0.2, 0.25) is 0 Å². The van der Waals surface area contributed by atoms with Crippen LogP contribution in [0.4, 0.5) is 0 Å². The van der Waals surface area contributed by atoms with Crippen LogP contribution >= 0.6 is 15.9 Å². The predicted molar refractivity (Wildman–Crippen MR) is 55.7 cm³/mol. The fraction of sp³-hybridized carbons (Fsp3) is 1.00. The highest BCUT2D eigenvalue weighted by molar-refractivity contribution is 9.09. The summed E-state index contributed by atoms with van der Waals surface area (Å²) in [7, 11) is 0. The lowest BCUT2D eigenvalue weighted by Gasteiger charge is -2.32. The van der Waals surface area contributed by atoms with Crippen molar-refractivity contribution in [3.63, 3.8) is 0 Å². The molecular formula is C10H18BrN. The maximum atomic E-state index is 3.74. The molecule has 1 saturated carbocycles. The van der Waals surface area contributed by atoms with Gasteiger partial charge >= 0.3 is 0 Å². The molecule has 0 amide bonds. The second kappa shape index (κ2) is 3.30. The summed E-state index contributed by atoms with van der Waals surface area (Å²) in [5, 5.41) is 0. The third-order valence-electron chi connectivity index (χ3n) is 3.48. The molecule has 1 spiro atoms. The molecule has 0 N–H and O–H groups in total. The van der Waals surface area contributed by atoms with E-state index in [0.29, 0.717) is 0 Å². The second-order valence-corrected chi connectivity index (χ2v) is 5.48. The largest absolute Gasteiger partial charge is 0.303 e. The molecule has 0 aromatic carbocycles. The van der Waals surface area contributed by atoms with E-state index in [0.717, 1.165) is 10.2 Å². The number of piperidine rings is 1. The van der Waals surface area contributed by atoms with Crippen LogP contribution in [-0.2, 0) is 0 Å². The molecule has 1 aliphatic heterocycles. The summed E-state index contributed by atoms with van der Waals surface area (Å²) in [6.45, 7) is 6.27. The molecule has 2 fully saturated rings. The second-order valence-electron chi connectivity index (χ2n) is 4.38. The normalized spacial score (nSPS) is 34.0. The first-order chi connectivity index (χ1) is 5.77. The Kier molecular flexibility index (Phi) is 2.48. The van der Waals surface area contributed by atoms with Crippen LogP contribution in [0.5, 0.6) is 0 Å². The lowest BCUT2D eigenvalue weighted by molar-refractivity contribution is 0.174. The van der Waals surface area contributed by atoms with Crippen molar-refractivity contribution in [2.24, 2.45) is 5.41 Å². The minimum Gasteiger partial charge on any atom is -0.303 e. The van der Waals surface area contributed by atoms with Gasteiger partial charge in [-0.3, -0.25) is 0 Å². The molecule has 0 radical (unpaired) electrons. The van der Waals surface area contributed by atoms with Gasteiger partial charge in [-0.15, -0.1) is 0 Å². The van der Waals surface area contributed by atoms with Gasteiger partial charge in [-0.05, 0) is 50.7 Å². The van der Waals surface area contributed by atoms with Gasteiger partial charge in [0.15, 0.2) is 0 Å². The van der Waals surface area contributed by atoms with Gasteiger partial charge < -0.3 is 4.90 Å². The molecule has 1 saturated heterocycles. The highest BCUT2D eigenvalue weighted by Gasteiger charge is 2.53. The molecule has 1 nitrogen and oxygen atoms in total. The summed E-state index contributed by atoms with van der Waals surface area (Å²) < 4.78 is 0. The molecule has 2 rings (SSSR count). The predicted octanol–water partition coefficient (Wildman–Crippen LogP) is 2.65. The Balaban J connectivity index is 1.78. The van der Waals surface area contributed by atoms with Crippen LogP contribution in [0.3, 0.4) is 0 Å². The Morgan fingerprint density at radius 1 is 1.42 bits per heavy atom. The monoisotopic (exact) mass is 231 g/mol. The van der Waals surface area contributed by atoms with E-state index in [1.165, 1.54) is 45.3 Å². The first kappa shape index (κ1) is 9.01. The smallest absolute Gasteiger partial charge is 0.0209 e. The third kappa shape index (κ3) is 1.56. The first-order valence-electron chi connectivity index (χ1n) is 5.13. The van der Waals surface area contributed by atoms with Crippen LogP contribution in [0, 0.1) is 5.41 Å². The summed E-state index contributed by atoms with van der Waals surface area (Å²) in [5.74, 6) is 0. The van der Waals surface area contributed by atoms with E-state index in [1.807, 2.05) is 0 Å². The van der Waals surface area contributed by atoms with Crippen molar-refractivity contribution in [1.29, 1.82) is 0 Å². The zero-order chi connectivity index (χ0) is 8.60. The van der Waals surface area contributed by atoms with Crippen molar-refractivity contribution >= 4 is 15.9 Å². The standard InChI is InChI=1S/C10H18BrN/c1-2-5-12-6-3-10(4-7-12)8-9(10)11/h9H,2-8H2,1H3. The molecule has 1 heterocycles. The summed E-state index contributed by atoms with van der Waals surface area (Å²) in [6, 6.07) is 0. The van der Waals surface area contributed by atoms with Crippen LogP contribution in [0.25, 0.3) is 0 Å². The maximum Gasteiger partial charge on any atom is 0.0209 e. The number of halogens is 1. The van der Waals surface area contributed by atoms with E-state index in [2.05, 4.69) is 27.8 Å². The number of alkyl halides is 1. The number of nitrogens with zero attached hydrogens (tertiary/aromatic N) is 1. The van der Waals surface area contributed by atoms with Gasteiger partial charge in [0.05, 0.1) is 0 Å². The van der Waals surface area contributed by atoms with Gasteiger partial charge in [0, 0.05) is 4.83 Å². The van der Waals surface area contributed by atoms with Crippen molar-refractivity contribution in [2.45, 2.75) is 37.4 Å². The van der Waals surface area contributed by atoms with Gasteiger partial charge in [-0.25, -0.2) is 0 Å². The zero-order valence-electron chi connectivity index (χ0n) is 7.85. The highest BCUT2D eigenvalue weighted by Crippen LogP contribution is 2.58. The fourth-order valence-electron chi connectivity index (χ4n) is 2.35. The van der Waals surface area contributed by atoms with Gasteiger partial charge in [-0.1, -0.05) is 22.9 Å². The van der Waals surface area contributed by atoms with E-state index >= 15 is 0 Å². The van der Waals surface area contributed by atoms with E-state index in [9.17, 15) is 0 Å². The van der Waals surface area contributed by atoms with E-state index in [1.54, 1.807) is 0 Å². The lowest BCUT2D eigenvalue weighted by Crippen LogP contribution is -2.35. The van der Waals surface area contributed by atoms with Crippen molar-refractivity contribution in [2.75, 3.05) is 19.6 Å². The molecule has 1 unspecified atom stereocenters.